The first-order valence-corrected chi connectivity index (χ1v) is 4.18. The summed E-state index contributed by atoms with van der Waals surface area (Å²) in [6.07, 6.45) is 9.57. The Morgan fingerprint density at radius 1 is 1.44 bits per heavy atom. The van der Waals surface area contributed by atoms with Gasteiger partial charge in [0.05, 0.1) is 0 Å². The molecule has 1 heteroatoms. The summed E-state index contributed by atoms with van der Waals surface area (Å²) in [6, 6.07) is 0. The average molecular weight is 185 g/mol. The number of hydrogen-bond acceptors (Lipinski definition) is 0. The highest BCUT2D eigenvalue weighted by molar-refractivity contribution is 9.11. The molecular formula is C8H9Br. The molecule has 0 aromatic carbocycles. The van der Waals surface area contributed by atoms with Gasteiger partial charge in [0.2, 0.25) is 0 Å². The molecule has 0 spiro atoms. The van der Waals surface area contributed by atoms with Crippen LogP contribution in [0, 0.1) is 11.8 Å². The molecule has 2 aliphatic carbocycles. The van der Waals surface area contributed by atoms with Gasteiger partial charge in [-0.15, -0.1) is 0 Å². The second kappa shape index (κ2) is 1.98. The van der Waals surface area contributed by atoms with Gasteiger partial charge in [0.15, 0.2) is 0 Å². The van der Waals surface area contributed by atoms with Crippen molar-refractivity contribution >= 4 is 15.9 Å². The second-order valence-corrected chi connectivity index (χ2v) is 3.88. The molecule has 0 N–H and O–H groups in total. The molecule has 0 heterocycles. The van der Waals surface area contributed by atoms with E-state index in [1.165, 1.54) is 17.3 Å². The Morgan fingerprint density at radius 3 is 3.11 bits per heavy atom. The zero-order chi connectivity index (χ0) is 6.27. The van der Waals surface area contributed by atoms with Crippen molar-refractivity contribution in [1.29, 1.82) is 0 Å². The fraction of sp³-hybridized carbons (Fsp3) is 0.500. The highest BCUT2D eigenvalue weighted by Gasteiger charge is 2.22. The predicted octanol–water partition coefficient (Wildman–Crippen LogP) is 2.86. The summed E-state index contributed by atoms with van der Waals surface area (Å²) in [7, 11) is 0. The van der Waals surface area contributed by atoms with Gasteiger partial charge in [-0.2, -0.15) is 0 Å². The molecule has 0 saturated heterocycles. The number of allylic oxidation sites excluding steroid dienone is 4. The lowest BCUT2D eigenvalue weighted by Gasteiger charge is -2.14. The molecule has 0 aliphatic heterocycles. The van der Waals surface area contributed by atoms with Crippen LogP contribution in [0.25, 0.3) is 0 Å². The number of hydrogen-bond donors (Lipinski definition) is 0. The maximum absolute atomic E-state index is 3.53. The van der Waals surface area contributed by atoms with Gasteiger partial charge in [-0.05, 0) is 29.2 Å². The quantitative estimate of drug-likeness (QED) is 0.509. The monoisotopic (exact) mass is 184 g/mol. The fourth-order valence-electron chi connectivity index (χ4n) is 1.63. The topological polar surface area (TPSA) is 0 Å². The van der Waals surface area contributed by atoms with Gasteiger partial charge in [-0.25, -0.2) is 0 Å². The van der Waals surface area contributed by atoms with Crippen molar-refractivity contribution in [2.24, 2.45) is 11.8 Å². The van der Waals surface area contributed by atoms with Gasteiger partial charge in [-0.3, -0.25) is 0 Å². The Balaban J connectivity index is 2.27. The minimum atomic E-state index is 0.748. The number of fused-ring (bicyclic) bond motifs is 2. The summed E-state index contributed by atoms with van der Waals surface area (Å²) in [5.41, 5.74) is 0. The van der Waals surface area contributed by atoms with Crippen molar-refractivity contribution < 1.29 is 0 Å². The van der Waals surface area contributed by atoms with E-state index in [-0.39, 0.29) is 0 Å². The average Bonchev–Trinajstić information content (AvgIpc) is 2.11. The Bertz CT molecular complexity index is 179. The van der Waals surface area contributed by atoms with E-state index in [1.54, 1.807) is 0 Å². The normalized spacial score (nSPS) is 39.0. The van der Waals surface area contributed by atoms with Gasteiger partial charge in [0, 0.05) is 0 Å². The molecule has 0 nitrogen and oxygen atoms in total. The van der Waals surface area contributed by atoms with Gasteiger partial charge in [0.1, 0.15) is 0 Å². The molecule has 0 amide bonds. The summed E-state index contributed by atoms with van der Waals surface area (Å²) >= 11 is 3.53. The van der Waals surface area contributed by atoms with Crippen LogP contribution in [0.5, 0.6) is 0 Å². The van der Waals surface area contributed by atoms with Crippen molar-refractivity contribution in [3.05, 3.63) is 22.7 Å². The zero-order valence-corrected chi connectivity index (χ0v) is 6.76. The molecule has 0 radical (unpaired) electrons. The smallest absolute Gasteiger partial charge is 0.00367 e. The van der Waals surface area contributed by atoms with Crippen LogP contribution in [0.3, 0.4) is 0 Å². The Labute approximate surface area is 63.8 Å². The molecular weight excluding hydrogens is 176 g/mol. The highest BCUT2D eigenvalue weighted by Crippen LogP contribution is 2.37. The minimum absolute atomic E-state index is 0.748. The van der Waals surface area contributed by atoms with Crippen molar-refractivity contribution in [1.82, 2.24) is 0 Å². The van der Waals surface area contributed by atoms with E-state index in [2.05, 4.69) is 34.2 Å². The van der Waals surface area contributed by atoms with Gasteiger partial charge < -0.3 is 0 Å². The van der Waals surface area contributed by atoms with Gasteiger partial charge >= 0.3 is 0 Å². The second-order valence-electron chi connectivity index (χ2n) is 2.86. The van der Waals surface area contributed by atoms with Gasteiger partial charge in [0.25, 0.3) is 0 Å². The Hall–Kier alpha value is -0.0400. The SMILES string of the molecule is BrC1=C[C@H]2C=C[C@@H](C1)C2. The standard InChI is InChI=1S/C8H9Br/c9-8-4-6-1-2-7(3-6)5-8/h1-2,4,6-7H,3,5H2/t6-,7+/m0/s1. The van der Waals surface area contributed by atoms with Crippen molar-refractivity contribution in [3.63, 3.8) is 0 Å². The Kier molecular flexibility index (Phi) is 1.26. The summed E-state index contributed by atoms with van der Waals surface area (Å²) in [5.74, 6) is 1.59. The molecule has 9 heavy (non-hydrogen) atoms. The van der Waals surface area contributed by atoms with Crippen molar-refractivity contribution in [2.75, 3.05) is 0 Å². The minimum Gasteiger partial charge on any atom is -0.0844 e. The lowest BCUT2D eigenvalue weighted by atomic mass is 9.94. The molecule has 0 aromatic rings. The lowest BCUT2D eigenvalue weighted by Crippen LogP contribution is -2.01. The first-order chi connectivity index (χ1) is 4.34. The lowest BCUT2D eigenvalue weighted by molar-refractivity contribution is 0.557. The van der Waals surface area contributed by atoms with E-state index in [1.807, 2.05) is 0 Å². The predicted molar refractivity (Wildman–Crippen MR) is 42.4 cm³/mol. The molecule has 0 aromatic heterocycles. The van der Waals surface area contributed by atoms with Gasteiger partial charge in [-0.1, -0.05) is 34.2 Å². The maximum Gasteiger partial charge on any atom is -0.00367 e. The molecule has 0 fully saturated rings. The first-order valence-electron chi connectivity index (χ1n) is 3.39. The van der Waals surface area contributed by atoms with E-state index in [9.17, 15) is 0 Å². The van der Waals surface area contributed by atoms with Crippen LogP contribution < -0.4 is 0 Å². The third kappa shape index (κ3) is 0.983. The third-order valence-corrected chi connectivity index (χ3v) is 2.65. The molecule has 0 saturated carbocycles. The van der Waals surface area contributed by atoms with Crippen LogP contribution in [0.4, 0.5) is 0 Å². The molecule has 2 atom stereocenters. The largest absolute Gasteiger partial charge is 0.0844 e. The zero-order valence-electron chi connectivity index (χ0n) is 5.18. The molecule has 0 unspecified atom stereocenters. The molecule has 2 aliphatic rings. The van der Waals surface area contributed by atoms with E-state index in [4.69, 9.17) is 0 Å². The van der Waals surface area contributed by atoms with Crippen LogP contribution in [0.2, 0.25) is 0 Å². The maximum atomic E-state index is 3.53. The van der Waals surface area contributed by atoms with E-state index in [0.717, 1.165) is 11.8 Å². The van der Waals surface area contributed by atoms with Crippen LogP contribution >= 0.6 is 15.9 Å². The summed E-state index contributed by atoms with van der Waals surface area (Å²) in [5, 5.41) is 0. The molecule has 2 bridgehead atoms. The summed E-state index contributed by atoms with van der Waals surface area (Å²) in [4.78, 5) is 0. The van der Waals surface area contributed by atoms with Crippen molar-refractivity contribution in [2.45, 2.75) is 12.8 Å². The van der Waals surface area contributed by atoms with E-state index >= 15 is 0 Å². The van der Waals surface area contributed by atoms with E-state index < -0.39 is 0 Å². The summed E-state index contributed by atoms with van der Waals surface area (Å²) < 4.78 is 1.40. The highest BCUT2D eigenvalue weighted by atomic mass is 79.9. The summed E-state index contributed by atoms with van der Waals surface area (Å²) in [6.45, 7) is 0. The van der Waals surface area contributed by atoms with Crippen LogP contribution in [-0.2, 0) is 0 Å². The van der Waals surface area contributed by atoms with Crippen LogP contribution in [0.1, 0.15) is 12.8 Å². The molecule has 48 valence electrons. The number of halogens is 1. The Morgan fingerprint density at radius 2 is 2.33 bits per heavy atom. The van der Waals surface area contributed by atoms with Crippen LogP contribution in [0.15, 0.2) is 22.7 Å². The number of rotatable bonds is 0. The fourth-order valence-corrected chi connectivity index (χ4v) is 2.39. The van der Waals surface area contributed by atoms with Crippen LogP contribution in [-0.4, -0.2) is 0 Å². The third-order valence-electron chi connectivity index (χ3n) is 2.06. The van der Waals surface area contributed by atoms with E-state index in [0.29, 0.717) is 0 Å². The molecule has 2 rings (SSSR count). The first kappa shape index (κ1) is 5.72. The van der Waals surface area contributed by atoms with Crippen molar-refractivity contribution in [3.8, 4) is 0 Å².